The van der Waals surface area contributed by atoms with Crippen molar-refractivity contribution in [3.05, 3.63) is 23.2 Å². The van der Waals surface area contributed by atoms with Crippen LogP contribution in [0.2, 0.25) is 0 Å². The van der Waals surface area contributed by atoms with E-state index in [0.717, 1.165) is 36.6 Å². The summed E-state index contributed by atoms with van der Waals surface area (Å²) in [5, 5.41) is 3.53. The van der Waals surface area contributed by atoms with Crippen molar-refractivity contribution < 1.29 is 4.42 Å². The lowest BCUT2D eigenvalue weighted by molar-refractivity contribution is 0.248. The minimum Gasteiger partial charge on any atom is -0.463 e. The maximum atomic E-state index is 6.02. The SMILES string of the molecule is Cc1cc(CN(C)CC2CCCC2)oc1CNC1CC1. The maximum absolute atomic E-state index is 6.02. The fourth-order valence-electron chi connectivity index (χ4n) is 3.33. The van der Waals surface area contributed by atoms with Crippen LogP contribution in [0.3, 0.4) is 0 Å². The number of rotatable bonds is 7. The van der Waals surface area contributed by atoms with Gasteiger partial charge in [-0.2, -0.15) is 0 Å². The van der Waals surface area contributed by atoms with Crippen LogP contribution >= 0.6 is 0 Å². The molecule has 0 radical (unpaired) electrons. The fraction of sp³-hybridized carbons (Fsp3) is 0.765. The molecule has 20 heavy (non-hydrogen) atoms. The van der Waals surface area contributed by atoms with Gasteiger partial charge >= 0.3 is 0 Å². The van der Waals surface area contributed by atoms with Crippen LogP contribution in [0.5, 0.6) is 0 Å². The van der Waals surface area contributed by atoms with Gasteiger partial charge in [-0.15, -0.1) is 0 Å². The van der Waals surface area contributed by atoms with Gasteiger partial charge in [0.2, 0.25) is 0 Å². The third-order valence-corrected chi connectivity index (χ3v) is 4.67. The molecule has 0 saturated heterocycles. The first kappa shape index (κ1) is 14.2. The minimum atomic E-state index is 0.744. The van der Waals surface area contributed by atoms with Gasteiger partial charge in [-0.25, -0.2) is 0 Å². The normalized spacial score (nSPS) is 20.1. The van der Waals surface area contributed by atoms with E-state index < -0.39 is 0 Å². The first-order chi connectivity index (χ1) is 9.70. The predicted octanol–water partition coefficient (Wildman–Crippen LogP) is 3.46. The molecule has 3 nitrogen and oxygen atoms in total. The molecule has 1 N–H and O–H groups in total. The van der Waals surface area contributed by atoms with Gasteiger partial charge in [0.15, 0.2) is 0 Å². The van der Waals surface area contributed by atoms with E-state index in [1.54, 1.807) is 0 Å². The number of nitrogens with one attached hydrogen (secondary N) is 1. The topological polar surface area (TPSA) is 28.4 Å². The van der Waals surface area contributed by atoms with Crippen LogP contribution < -0.4 is 5.32 Å². The number of hydrogen-bond acceptors (Lipinski definition) is 3. The van der Waals surface area contributed by atoms with Crippen LogP contribution in [0.4, 0.5) is 0 Å². The van der Waals surface area contributed by atoms with Gasteiger partial charge < -0.3 is 9.73 Å². The van der Waals surface area contributed by atoms with Crippen molar-refractivity contribution in [2.45, 2.75) is 64.6 Å². The molecular weight excluding hydrogens is 248 g/mol. The molecule has 0 aromatic carbocycles. The van der Waals surface area contributed by atoms with Crippen molar-refractivity contribution in [1.82, 2.24) is 10.2 Å². The van der Waals surface area contributed by atoms with E-state index in [0.29, 0.717) is 0 Å². The Kier molecular flexibility index (Phi) is 4.47. The lowest BCUT2D eigenvalue weighted by Gasteiger charge is -2.19. The highest BCUT2D eigenvalue weighted by Crippen LogP contribution is 2.26. The molecule has 0 aliphatic heterocycles. The molecule has 0 unspecified atom stereocenters. The molecule has 2 fully saturated rings. The number of hydrogen-bond donors (Lipinski definition) is 1. The third-order valence-electron chi connectivity index (χ3n) is 4.67. The highest BCUT2D eigenvalue weighted by Gasteiger charge is 2.21. The molecular formula is C17H28N2O. The molecule has 0 spiro atoms. The maximum Gasteiger partial charge on any atom is 0.120 e. The molecule has 2 aliphatic rings. The average Bonchev–Trinajstić information content (AvgIpc) is 2.98. The smallest absolute Gasteiger partial charge is 0.120 e. The average molecular weight is 276 g/mol. The van der Waals surface area contributed by atoms with E-state index in [1.165, 1.54) is 50.6 Å². The Morgan fingerprint density at radius 2 is 2.00 bits per heavy atom. The Morgan fingerprint density at radius 1 is 1.25 bits per heavy atom. The second-order valence-corrected chi connectivity index (χ2v) is 6.82. The summed E-state index contributed by atoms with van der Waals surface area (Å²) < 4.78 is 6.02. The quantitative estimate of drug-likeness (QED) is 0.826. The lowest BCUT2D eigenvalue weighted by Crippen LogP contribution is -2.23. The molecule has 3 heteroatoms. The first-order valence-corrected chi connectivity index (χ1v) is 8.21. The minimum absolute atomic E-state index is 0.744. The summed E-state index contributed by atoms with van der Waals surface area (Å²) in [7, 11) is 2.22. The summed E-state index contributed by atoms with van der Waals surface area (Å²) in [6.07, 6.45) is 8.34. The number of furan rings is 1. The first-order valence-electron chi connectivity index (χ1n) is 8.21. The Morgan fingerprint density at radius 3 is 2.70 bits per heavy atom. The Bertz CT molecular complexity index is 430. The predicted molar refractivity (Wildman–Crippen MR) is 81.6 cm³/mol. The van der Waals surface area contributed by atoms with E-state index >= 15 is 0 Å². The fourth-order valence-corrected chi connectivity index (χ4v) is 3.33. The highest BCUT2D eigenvalue weighted by atomic mass is 16.3. The Hall–Kier alpha value is -0.800. The molecule has 2 saturated carbocycles. The van der Waals surface area contributed by atoms with Crippen molar-refractivity contribution in [3.8, 4) is 0 Å². The van der Waals surface area contributed by atoms with Crippen molar-refractivity contribution in [1.29, 1.82) is 0 Å². The van der Waals surface area contributed by atoms with E-state index in [4.69, 9.17) is 4.42 Å². The molecule has 112 valence electrons. The summed E-state index contributed by atoms with van der Waals surface area (Å²) in [4.78, 5) is 2.42. The molecule has 1 aromatic heterocycles. The van der Waals surface area contributed by atoms with E-state index in [9.17, 15) is 0 Å². The van der Waals surface area contributed by atoms with Crippen LogP contribution in [0, 0.1) is 12.8 Å². The van der Waals surface area contributed by atoms with Crippen LogP contribution in [0.1, 0.15) is 55.6 Å². The number of nitrogens with zero attached hydrogens (tertiary/aromatic N) is 1. The second-order valence-electron chi connectivity index (χ2n) is 6.82. The van der Waals surface area contributed by atoms with Crippen molar-refractivity contribution in [2.75, 3.05) is 13.6 Å². The monoisotopic (exact) mass is 276 g/mol. The summed E-state index contributed by atoms with van der Waals surface area (Å²) in [6, 6.07) is 2.96. The molecule has 1 aromatic rings. The van der Waals surface area contributed by atoms with Crippen molar-refractivity contribution in [3.63, 3.8) is 0 Å². The summed E-state index contributed by atoms with van der Waals surface area (Å²) in [5.74, 6) is 3.16. The third kappa shape index (κ3) is 3.86. The lowest BCUT2D eigenvalue weighted by atomic mass is 10.1. The van der Waals surface area contributed by atoms with E-state index in [-0.39, 0.29) is 0 Å². The largest absolute Gasteiger partial charge is 0.463 e. The van der Waals surface area contributed by atoms with Crippen LogP contribution in [-0.2, 0) is 13.1 Å². The van der Waals surface area contributed by atoms with E-state index in [1.807, 2.05) is 0 Å². The van der Waals surface area contributed by atoms with Gasteiger partial charge in [-0.3, -0.25) is 4.90 Å². The molecule has 0 atom stereocenters. The van der Waals surface area contributed by atoms with Gasteiger partial charge in [0.25, 0.3) is 0 Å². The molecule has 3 rings (SSSR count). The summed E-state index contributed by atoms with van der Waals surface area (Å²) in [6.45, 7) is 5.22. The van der Waals surface area contributed by atoms with Crippen molar-refractivity contribution >= 4 is 0 Å². The molecule has 0 amide bonds. The summed E-state index contributed by atoms with van der Waals surface area (Å²) >= 11 is 0. The van der Waals surface area contributed by atoms with Gasteiger partial charge in [0.05, 0.1) is 13.1 Å². The standard InChI is InChI=1S/C17H28N2O/c1-13-9-16(20-17(13)10-18-15-7-8-15)12-19(2)11-14-5-3-4-6-14/h9,14-15,18H,3-8,10-12H2,1-2H3. The van der Waals surface area contributed by atoms with E-state index in [2.05, 4.69) is 30.3 Å². The molecule has 0 bridgehead atoms. The highest BCUT2D eigenvalue weighted by molar-refractivity contribution is 5.20. The summed E-state index contributed by atoms with van der Waals surface area (Å²) in [5.41, 5.74) is 1.29. The Labute approximate surface area is 122 Å². The van der Waals surface area contributed by atoms with Crippen LogP contribution in [-0.4, -0.2) is 24.5 Å². The zero-order valence-electron chi connectivity index (χ0n) is 13.0. The van der Waals surface area contributed by atoms with Gasteiger partial charge in [-0.1, -0.05) is 12.8 Å². The Balaban J connectivity index is 1.49. The van der Waals surface area contributed by atoms with Crippen molar-refractivity contribution in [2.24, 2.45) is 5.92 Å². The molecule has 1 heterocycles. The van der Waals surface area contributed by atoms with Gasteiger partial charge in [-0.05, 0) is 57.2 Å². The van der Waals surface area contributed by atoms with Crippen LogP contribution in [0.15, 0.2) is 10.5 Å². The zero-order valence-corrected chi connectivity index (χ0v) is 13.0. The zero-order chi connectivity index (χ0) is 13.9. The molecule has 2 aliphatic carbocycles. The second kappa shape index (κ2) is 6.31. The van der Waals surface area contributed by atoms with Gasteiger partial charge in [0.1, 0.15) is 11.5 Å². The van der Waals surface area contributed by atoms with Gasteiger partial charge in [0, 0.05) is 12.6 Å². The van der Waals surface area contributed by atoms with Crippen LogP contribution in [0.25, 0.3) is 0 Å². The number of aryl methyl sites for hydroxylation is 1.